The molecule has 1 aromatic heterocycles. The van der Waals surface area contributed by atoms with Crippen molar-refractivity contribution in [1.29, 1.82) is 0 Å². The normalized spacial score (nSPS) is 9.91. The van der Waals surface area contributed by atoms with Gasteiger partial charge in [0.05, 0.1) is 0 Å². The number of amides is 3. The minimum atomic E-state index is -0.447. The van der Waals surface area contributed by atoms with Crippen LogP contribution in [0.5, 0.6) is 0 Å². The molecule has 2 rings (SSSR count). The summed E-state index contributed by atoms with van der Waals surface area (Å²) in [5.74, 6) is -1.04. The zero-order valence-corrected chi connectivity index (χ0v) is 12.2. The molecule has 3 N–H and O–H groups in total. The van der Waals surface area contributed by atoms with Crippen LogP contribution in [0.4, 0.5) is 5.69 Å². The molecule has 0 spiro atoms. The number of hydrogen-bond donors (Lipinski definition) is 3. The summed E-state index contributed by atoms with van der Waals surface area (Å²) < 4.78 is 1.64. The molecule has 0 unspecified atom stereocenters. The summed E-state index contributed by atoms with van der Waals surface area (Å²) in [6.07, 6.45) is 1.73. The van der Waals surface area contributed by atoms with Crippen molar-refractivity contribution in [2.45, 2.75) is 6.92 Å². The number of benzene rings is 1. The summed E-state index contributed by atoms with van der Waals surface area (Å²) in [6, 6.07) is 9.69. The van der Waals surface area contributed by atoms with Gasteiger partial charge in [-0.1, -0.05) is 0 Å². The second kappa shape index (κ2) is 6.57. The Labute approximate surface area is 127 Å². The molecule has 0 aliphatic heterocycles. The van der Waals surface area contributed by atoms with E-state index in [2.05, 4.69) is 16.2 Å². The molecule has 3 amide bonds. The number of hydrogen-bond acceptors (Lipinski definition) is 3. The van der Waals surface area contributed by atoms with E-state index in [1.165, 1.54) is 6.92 Å². The summed E-state index contributed by atoms with van der Waals surface area (Å²) in [4.78, 5) is 34.7. The second-order valence-electron chi connectivity index (χ2n) is 4.67. The molecular formula is C15H16N4O3. The van der Waals surface area contributed by atoms with Crippen molar-refractivity contribution in [3.8, 4) is 0 Å². The van der Waals surface area contributed by atoms with Gasteiger partial charge in [-0.05, 0) is 36.4 Å². The lowest BCUT2D eigenvalue weighted by atomic mass is 10.2. The minimum Gasteiger partial charge on any atom is -0.347 e. The maximum Gasteiger partial charge on any atom is 0.286 e. The molecule has 1 aromatic carbocycles. The minimum absolute atomic E-state index is 0.188. The molecule has 22 heavy (non-hydrogen) atoms. The number of aryl methyl sites for hydroxylation is 1. The van der Waals surface area contributed by atoms with E-state index in [-0.39, 0.29) is 5.91 Å². The molecule has 2 aromatic rings. The first-order chi connectivity index (χ1) is 10.5. The summed E-state index contributed by atoms with van der Waals surface area (Å²) >= 11 is 0. The van der Waals surface area contributed by atoms with Crippen LogP contribution in [-0.4, -0.2) is 22.3 Å². The van der Waals surface area contributed by atoms with Crippen LogP contribution < -0.4 is 16.2 Å². The van der Waals surface area contributed by atoms with E-state index >= 15 is 0 Å². The molecule has 1 heterocycles. The van der Waals surface area contributed by atoms with Gasteiger partial charge in [-0.2, -0.15) is 0 Å². The van der Waals surface area contributed by atoms with Gasteiger partial charge in [0, 0.05) is 31.4 Å². The first-order valence-corrected chi connectivity index (χ1v) is 6.57. The molecule has 0 aliphatic rings. The number of carbonyl (C=O) groups excluding carboxylic acids is 3. The third-order valence-corrected chi connectivity index (χ3v) is 2.93. The molecule has 0 atom stereocenters. The molecule has 0 saturated heterocycles. The predicted molar refractivity (Wildman–Crippen MR) is 81.1 cm³/mol. The highest BCUT2D eigenvalue weighted by atomic mass is 16.2. The van der Waals surface area contributed by atoms with Gasteiger partial charge in [0.1, 0.15) is 5.69 Å². The Balaban J connectivity index is 1.93. The third kappa shape index (κ3) is 3.72. The van der Waals surface area contributed by atoms with Crippen LogP contribution in [0, 0.1) is 0 Å². The summed E-state index contributed by atoms with van der Waals surface area (Å²) in [5.41, 5.74) is 6.07. The first kappa shape index (κ1) is 15.3. The number of anilines is 1. The molecule has 7 nitrogen and oxygen atoms in total. The molecular weight excluding hydrogens is 284 g/mol. The third-order valence-electron chi connectivity index (χ3n) is 2.93. The predicted octanol–water partition coefficient (Wildman–Crippen LogP) is 1.06. The lowest BCUT2D eigenvalue weighted by molar-refractivity contribution is -0.114. The number of aromatic nitrogens is 1. The van der Waals surface area contributed by atoms with E-state index in [1.54, 1.807) is 54.2 Å². The van der Waals surface area contributed by atoms with Crippen LogP contribution in [0.25, 0.3) is 0 Å². The van der Waals surface area contributed by atoms with Crippen LogP contribution in [0.15, 0.2) is 42.6 Å². The lowest BCUT2D eigenvalue weighted by Crippen LogP contribution is -2.42. The fourth-order valence-corrected chi connectivity index (χ4v) is 1.85. The SMILES string of the molecule is CC(=O)Nc1ccc(C(=O)NNC(=O)c2cccn2C)cc1. The molecule has 7 heteroatoms. The Hall–Kier alpha value is -3.09. The zero-order valence-electron chi connectivity index (χ0n) is 12.2. The van der Waals surface area contributed by atoms with Gasteiger partial charge in [0.2, 0.25) is 5.91 Å². The molecule has 0 aliphatic carbocycles. The average molecular weight is 300 g/mol. The number of carbonyl (C=O) groups is 3. The van der Waals surface area contributed by atoms with Gasteiger partial charge in [-0.25, -0.2) is 0 Å². The number of nitrogens with one attached hydrogen (secondary N) is 3. The van der Waals surface area contributed by atoms with Crippen LogP contribution in [0.2, 0.25) is 0 Å². The highest BCUT2D eigenvalue weighted by molar-refractivity contribution is 5.98. The van der Waals surface area contributed by atoms with E-state index in [0.29, 0.717) is 16.9 Å². The first-order valence-electron chi connectivity index (χ1n) is 6.57. The van der Waals surface area contributed by atoms with Gasteiger partial charge >= 0.3 is 0 Å². The van der Waals surface area contributed by atoms with Crippen LogP contribution in [0.3, 0.4) is 0 Å². The highest BCUT2D eigenvalue weighted by Gasteiger charge is 2.11. The largest absolute Gasteiger partial charge is 0.347 e. The van der Waals surface area contributed by atoms with Crippen LogP contribution in [-0.2, 0) is 11.8 Å². The quantitative estimate of drug-likeness (QED) is 0.740. The van der Waals surface area contributed by atoms with E-state index in [9.17, 15) is 14.4 Å². The number of hydrazine groups is 1. The van der Waals surface area contributed by atoms with Crippen molar-refractivity contribution in [2.24, 2.45) is 7.05 Å². The maximum atomic E-state index is 11.9. The van der Waals surface area contributed by atoms with Crippen LogP contribution in [0.1, 0.15) is 27.8 Å². The zero-order chi connectivity index (χ0) is 16.1. The molecule has 0 saturated carbocycles. The van der Waals surface area contributed by atoms with Gasteiger partial charge in [-0.15, -0.1) is 0 Å². The summed E-state index contributed by atoms with van der Waals surface area (Å²) in [6.45, 7) is 1.40. The Morgan fingerprint density at radius 1 is 0.955 bits per heavy atom. The Bertz CT molecular complexity index is 704. The fourth-order valence-electron chi connectivity index (χ4n) is 1.85. The Morgan fingerprint density at radius 2 is 1.59 bits per heavy atom. The van der Waals surface area contributed by atoms with E-state index < -0.39 is 11.8 Å². The summed E-state index contributed by atoms with van der Waals surface area (Å²) in [7, 11) is 1.73. The molecule has 0 fully saturated rings. The summed E-state index contributed by atoms with van der Waals surface area (Å²) in [5, 5.41) is 2.60. The lowest BCUT2D eigenvalue weighted by Gasteiger charge is -2.08. The monoisotopic (exact) mass is 300 g/mol. The standard InChI is InChI=1S/C15H16N4O3/c1-10(20)16-12-7-5-11(6-8-12)14(21)17-18-15(22)13-4-3-9-19(13)2/h3-9H,1-2H3,(H,16,20)(H,17,21)(H,18,22). The van der Waals surface area contributed by atoms with Gasteiger partial charge < -0.3 is 9.88 Å². The Morgan fingerprint density at radius 3 is 2.14 bits per heavy atom. The highest BCUT2D eigenvalue weighted by Crippen LogP contribution is 2.09. The van der Waals surface area contributed by atoms with Crippen LogP contribution >= 0.6 is 0 Å². The second-order valence-corrected chi connectivity index (χ2v) is 4.67. The van der Waals surface area contributed by atoms with Crippen molar-refractivity contribution in [1.82, 2.24) is 15.4 Å². The molecule has 114 valence electrons. The van der Waals surface area contributed by atoms with Crippen molar-refractivity contribution in [3.05, 3.63) is 53.9 Å². The van der Waals surface area contributed by atoms with Crippen molar-refractivity contribution in [2.75, 3.05) is 5.32 Å². The van der Waals surface area contributed by atoms with E-state index in [0.717, 1.165) is 0 Å². The van der Waals surface area contributed by atoms with Gasteiger partial charge in [-0.3, -0.25) is 25.2 Å². The van der Waals surface area contributed by atoms with Crippen molar-refractivity contribution in [3.63, 3.8) is 0 Å². The van der Waals surface area contributed by atoms with Gasteiger partial charge in [0.15, 0.2) is 0 Å². The van der Waals surface area contributed by atoms with E-state index in [1.807, 2.05) is 0 Å². The van der Waals surface area contributed by atoms with Crippen molar-refractivity contribution >= 4 is 23.4 Å². The topological polar surface area (TPSA) is 92.2 Å². The Kier molecular flexibility index (Phi) is 4.57. The maximum absolute atomic E-state index is 11.9. The number of rotatable bonds is 3. The smallest absolute Gasteiger partial charge is 0.286 e. The number of nitrogens with zero attached hydrogens (tertiary/aromatic N) is 1. The van der Waals surface area contributed by atoms with E-state index in [4.69, 9.17) is 0 Å². The fraction of sp³-hybridized carbons (Fsp3) is 0.133. The molecule has 0 radical (unpaired) electrons. The average Bonchev–Trinajstić information content (AvgIpc) is 2.91. The van der Waals surface area contributed by atoms with Crippen molar-refractivity contribution < 1.29 is 14.4 Å². The van der Waals surface area contributed by atoms with Gasteiger partial charge in [0.25, 0.3) is 11.8 Å². The molecule has 0 bridgehead atoms.